The molecular formula is C19H31N3O5. The summed E-state index contributed by atoms with van der Waals surface area (Å²) in [5.74, 6) is -1.71. The highest BCUT2D eigenvalue weighted by atomic mass is 16.5. The highest BCUT2D eigenvalue weighted by Crippen LogP contribution is 2.24. The second kappa shape index (κ2) is 10.4. The van der Waals surface area contributed by atoms with Gasteiger partial charge in [0.2, 0.25) is 0 Å². The number of carboxylic acid groups (broad SMARTS) is 1. The Hall–Kier alpha value is -1.93. The molecule has 1 aliphatic rings. The van der Waals surface area contributed by atoms with Gasteiger partial charge in [0, 0.05) is 45.2 Å². The van der Waals surface area contributed by atoms with Crippen LogP contribution >= 0.6 is 0 Å². The van der Waals surface area contributed by atoms with E-state index in [1.807, 2.05) is 18.5 Å². The van der Waals surface area contributed by atoms with Gasteiger partial charge in [0.15, 0.2) is 0 Å². The van der Waals surface area contributed by atoms with Gasteiger partial charge in [0.05, 0.1) is 23.7 Å². The molecule has 1 N–H and O–H groups in total. The molecule has 8 nitrogen and oxygen atoms in total. The van der Waals surface area contributed by atoms with Gasteiger partial charge in [0.25, 0.3) is 5.91 Å². The molecule has 1 atom stereocenters. The van der Waals surface area contributed by atoms with Crippen LogP contribution in [0.4, 0.5) is 0 Å². The molecule has 0 bridgehead atoms. The number of carboxylic acids is 1. The van der Waals surface area contributed by atoms with Gasteiger partial charge >= 0.3 is 5.97 Å². The van der Waals surface area contributed by atoms with Crippen LogP contribution in [-0.2, 0) is 14.3 Å². The van der Waals surface area contributed by atoms with Gasteiger partial charge in [-0.15, -0.1) is 0 Å². The lowest BCUT2D eigenvalue weighted by Crippen LogP contribution is -2.38. The van der Waals surface area contributed by atoms with Crippen LogP contribution in [0.5, 0.6) is 0 Å². The summed E-state index contributed by atoms with van der Waals surface area (Å²) in [6.45, 7) is 8.63. The number of rotatable bonds is 10. The van der Waals surface area contributed by atoms with E-state index in [0.717, 1.165) is 18.5 Å². The van der Waals surface area contributed by atoms with Gasteiger partial charge in [-0.3, -0.25) is 14.3 Å². The third-order valence-electron chi connectivity index (χ3n) is 4.94. The molecule has 1 aromatic heterocycles. The largest absolute Gasteiger partial charge is 0.481 e. The Morgan fingerprint density at radius 1 is 1.44 bits per heavy atom. The molecule has 27 heavy (non-hydrogen) atoms. The lowest BCUT2D eigenvalue weighted by Gasteiger charge is -2.25. The van der Waals surface area contributed by atoms with Crippen LogP contribution < -0.4 is 0 Å². The summed E-state index contributed by atoms with van der Waals surface area (Å²) >= 11 is 0. The van der Waals surface area contributed by atoms with E-state index in [2.05, 4.69) is 5.10 Å². The molecule has 2 rings (SSSR count). The molecule has 1 amide bonds. The van der Waals surface area contributed by atoms with E-state index < -0.39 is 11.9 Å². The van der Waals surface area contributed by atoms with Crippen molar-refractivity contribution in [1.29, 1.82) is 0 Å². The predicted octanol–water partition coefficient (Wildman–Crippen LogP) is 2.13. The lowest BCUT2D eigenvalue weighted by molar-refractivity contribution is -0.141. The fourth-order valence-electron chi connectivity index (χ4n) is 3.29. The first kappa shape index (κ1) is 21.4. The Kier molecular flexibility index (Phi) is 8.24. The maximum atomic E-state index is 13.1. The van der Waals surface area contributed by atoms with Crippen molar-refractivity contribution in [1.82, 2.24) is 14.7 Å². The molecular weight excluding hydrogens is 350 g/mol. The second-order valence-corrected chi connectivity index (χ2v) is 6.97. The fourth-order valence-corrected chi connectivity index (χ4v) is 3.29. The number of nitrogens with zero attached hydrogens (tertiary/aromatic N) is 3. The average Bonchev–Trinajstić information content (AvgIpc) is 3.05. The van der Waals surface area contributed by atoms with Crippen molar-refractivity contribution in [2.24, 2.45) is 5.92 Å². The van der Waals surface area contributed by atoms with Gasteiger partial charge in [0.1, 0.15) is 0 Å². The SMILES string of the molecule is CCOCCCN(CC(C)C(=O)O)C(=O)c1cnn(C2CCOCC2)c1C. The number of carbonyl (C=O) groups is 2. The van der Waals surface area contributed by atoms with Crippen LogP contribution in [-0.4, -0.2) is 71.2 Å². The molecule has 0 aromatic carbocycles. The zero-order valence-corrected chi connectivity index (χ0v) is 16.5. The normalized spacial score (nSPS) is 16.3. The fraction of sp³-hybridized carbons (Fsp3) is 0.737. The quantitative estimate of drug-likeness (QED) is 0.624. The number of aromatic nitrogens is 2. The molecule has 2 heterocycles. The van der Waals surface area contributed by atoms with E-state index in [-0.39, 0.29) is 18.5 Å². The van der Waals surface area contributed by atoms with Gasteiger partial charge in [-0.1, -0.05) is 6.92 Å². The summed E-state index contributed by atoms with van der Waals surface area (Å²) in [4.78, 5) is 26.0. The average molecular weight is 381 g/mol. The first-order valence-corrected chi connectivity index (χ1v) is 9.67. The number of aliphatic carboxylic acids is 1. The first-order chi connectivity index (χ1) is 13.0. The Labute approximate surface area is 160 Å². The van der Waals surface area contributed by atoms with Gasteiger partial charge in [-0.2, -0.15) is 5.10 Å². The zero-order chi connectivity index (χ0) is 19.8. The topological polar surface area (TPSA) is 93.9 Å². The van der Waals surface area contributed by atoms with Crippen LogP contribution in [0.1, 0.15) is 55.2 Å². The number of hydrogen-bond donors (Lipinski definition) is 1. The maximum absolute atomic E-state index is 13.1. The molecule has 8 heteroatoms. The molecule has 0 saturated carbocycles. The number of amides is 1. The summed E-state index contributed by atoms with van der Waals surface area (Å²) in [5.41, 5.74) is 1.36. The van der Waals surface area contributed by atoms with Crippen molar-refractivity contribution in [3.05, 3.63) is 17.5 Å². The maximum Gasteiger partial charge on any atom is 0.308 e. The van der Waals surface area contributed by atoms with E-state index in [4.69, 9.17) is 9.47 Å². The summed E-state index contributed by atoms with van der Waals surface area (Å²) in [7, 11) is 0. The highest BCUT2D eigenvalue weighted by molar-refractivity contribution is 5.95. The van der Waals surface area contributed by atoms with E-state index in [0.29, 0.717) is 45.0 Å². The van der Waals surface area contributed by atoms with Crippen LogP contribution in [0.3, 0.4) is 0 Å². The van der Waals surface area contributed by atoms with Crippen molar-refractivity contribution >= 4 is 11.9 Å². The summed E-state index contributed by atoms with van der Waals surface area (Å²) in [5, 5.41) is 13.7. The van der Waals surface area contributed by atoms with E-state index >= 15 is 0 Å². The Balaban J connectivity index is 2.12. The summed E-state index contributed by atoms with van der Waals surface area (Å²) in [6, 6.07) is 0.240. The minimum absolute atomic E-state index is 0.169. The van der Waals surface area contributed by atoms with E-state index in [9.17, 15) is 14.7 Å². The van der Waals surface area contributed by atoms with Crippen LogP contribution in [0.15, 0.2) is 6.20 Å². The molecule has 1 unspecified atom stereocenters. The van der Waals surface area contributed by atoms with Crippen molar-refractivity contribution in [3.8, 4) is 0 Å². The molecule has 1 fully saturated rings. The smallest absolute Gasteiger partial charge is 0.308 e. The Bertz CT molecular complexity index is 625. The van der Waals surface area contributed by atoms with Crippen molar-refractivity contribution < 1.29 is 24.2 Å². The van der Waals surface area contributed by atoms with E-state index in [1.165, 1.54) is 0 Å². The zero-order valence-electron chi connectivity index (χ0n) is 16.5. The molecule has 1 aromatic rings. The third-order valence-corrected chi connectivity index (χ3v) is 4.94. The summed E-state index contributed by atoms with van der Waals surface area (Å²) in [6.07, 6.45) is 4.03. The van der Waals surface area contributed by atoms with Crippen LogP contribution in [0.2, 0.25) is 0 Å². The molecule has 152 valence electrons. The van der Waals surface area contributed by atoms with Gasteiger partial charge in [-0.25, -0.2) is 0 Å². The second-order valence-electron chi connectivity index (χ2n) is 6.97. The van der Waals surface area contributed by atoms with Crippen molar-refractivity contribution in [2.75, 3.05) is 39.5 Å². The number of carbonyl (C=O) groups excluding carboxylic acids is 1. The number of ether oxygens (including phenoxy) is 2. The Morgan fingerprint density at radius 3 is 2.78 bits per heavy atom. The minimum Gasteiger partial charge on any atom is -0.481 e. The van der Waals surface area contributed by atoms with Crippen LogP contribution in [0, 0.1) is 12.8 Å². The van der Waals surface area contributed by atoms with Crippen molar-refractivity contribution in [3.63, 3.8) is 0 Å². The van der Waals surface area contributed by atoms with Crippen LogP contribution in [0.25, 0.3) is 0 Å². The third kappa shape index (κ3) is 5.77. The summed E-state index contributed by atoms with van der Waals surface area (Å²) < 4.78 is 12.7. The Morgan fingerprint density at radius 2 is 2.15 bits per heavy atom. The monoisotopic (exact) mass is 381 g/mol. The van der Waals surface area contributed by atoms with E-state index in [1.54, 1.807) is 18.0 Å². The van der Waals surface area contributed by atoms with Gasteiger partial charge < -0.3 is 19.5 Å². The first-order valence-electron chi connectivity index (χ1n) is 9.67. The molecule has 1 saturated heterocycles. The predicted molar refractivity (Wildman–Crippen MR) is 99.9 cm³/mol. The van der Waals surface area contributed by atoms with Gasteiger partial charge in [-0.05, 0) is 33.1 Å². The highest BCUT2D eigenvalue weighted by Gasteiger charge is 2.26. The van der Waals surface area contributed by atoms with Crippen molar-refractivity contribution in [2.45, 2.75) is 46.1 Å². The minimum atomic E-state index is -0.910. The molecule has 0 aliphatic carbocycles. The molecule has 1 aliphatic heterocycles. The molecule has 0 radical (unpaired) electrons. The lowest BCUT2D eigenvalue weighted by atomic mass is 10.1. The standard InChI is InChI=1S/C19H31N3O5/c1-4-26-9-5-8-21(13-14(2)19(24)25)18(23)17-12-20-22(15(17)3)16-6-10-27-11-7-16/h12,14,16H,4-11,13H2,1-3H3,(H,24,25). The number of hydrogen-bond acceptors (Lipinski definition) is 5. The molecule has 0 spiro atoms.